The second kappa shape index (κ2) is 10.1. The molecule has 0 unspecified atom stereocenters. The minimum Gasteiger partial charge on any atom is -0.353 e. The van der Waals surface area contributed by atoms with Gasteiger partial charge in [-0.25, -0.2) is 9.97 Å². The molecule has 4 rings (SSSR count). The minimum atomic E-state index is -0.550. The van der Waals surface area contributed by atoms with Crippen LogP contribution in [-0.4, -0.2) is 52.8 Å². The van der Waals surface area contributed by atoms with Gasteiger partial charge in [-0.15, -0.1) is 11.6 Å². The van der Waals surface area contributed by atoms with Crippen LogP contribution in [0.3, 0.4) is 0 Å². The van der Waals surface area contributed by atoms with Gasteiger partial charge in [-0.05, 0) is 33.3 Å². The summed E-state index contributed by atoms with van der Waals surface area (Å²) in [4.78, 5) is 27.1. The average molecular weight is 477 g/mol. The minimum absolute atomic E-state index is 0.117. The van der Waals surface area contributed by atoms with Crippen molar-refractivity contribution in [2.75, 3.05) is 37.0 Å². The zero-order valence-corrected chi connectivity index (χ0v) is 21.3. The van der Waals surface area contributed by atoms with E-state index in [4.69, 9.17) is 21.6 Å². The number of benzene rings is 2. The van der Waals surface area contributed by atoms with E-state index in [1.165, 1.54) is 11.1 Å². The molecule has 1 amide bonds. The maximum Gasteiger partial charge on any atom is 0.229 e. The molecule has 3 aromatic rings. The number of hydrogen-bond donors (Lipinski definition) is 0. The van der Waals surface area contributed by atoms with Crippen molar-refractivity contribution in [3.63, 3.8) is 0 Å². The van der Waals surface area contributed by atoms with Crippen molar-refractivity contribution in [3.05, 3.63) is 77.0 Å². The Hall–Kier alpha value is -2.92. The average Bonchev–Trinajstić information content (AvgIpc) is 2.85. The lowest BCUT2D eigenvalue weighted by atomic mass is 9.94. The van der Waals surface area contributed by atoms with Gasteiger partial charge in [-0.2, -0.15) is 0 Å². The fraction of sp³-hybridized carbons (Fsp3) is 0.393. The van der Waals surface area contributed by atoms with Gasteiger partial charge in [0.2, 0.25) is 5.91 Å². The Bertz CT molecular complexity index is 1150. The molecule has 0 saturated carbocycles. The lowest BCUT2D eigenvalue weighted by molar-refractivity contribution is -0.139. The fourth-order valence-electron chi connectivity index (χ4n) is 4.40. The molecule has 1 aliphatic heterocycles. The third-order valence-electron chi connectivity index (χ3n) is 6.47. The molecule has 5 nitrogen and oxygen atoms in total. The topological polar surface area (TPSA) is 49.3 Å². The number of rotatable bonds is 6. The quantitative estimate of drug-likeness (QED) is 0.455. The van der Waals surface area contributed by atoms with Crippen molar-refractivity contribution in [3.8, 4) is 11.4 Å². The Kier molecular flexibility index (Phi) is 7.22. The molecule has 0 atom stereocenters. The number of carbonyl (C=O) groups is 1. The monoisotopic (exact) mass is 476 g/mol. The van der Waals surface area contributed by atoms with Crippen LogP contribution in [0.25, 0.3) is 11.4 Å². The van der Waals surface area contributed by atoms with Gasteiger partial charge in [0.1, 0.15) is 5.82 Å². The van der Waals surface area contributed by atoms with Crippen LogP contribution >= 0.6 is 11.6 Å². The highest BCUT2D eigenvalue weighted by molar-refractivity contribution is 6.19. The van der Waals surface area contributed by atoms with Crippen molar-refractivity contribution in [2.24, 2.45) is 5.41 Å². The standard InChI is InChI=1S/C28H33ClN4O/c1-20-9-8-10-22(17-20)18-24-21(2)30-25(23-11-6-5-7-12-23)31-26(24)32-13-15-33(16-14-32)27(34)28(3,4)19-29/h5-12,17H,13-16,18-19H2,1-4H3. The SMILES string of the molecule is Cc1cccc(Cc2c(C)nc(-c3ccccc3)nc2N2CCN(C(=O)C(C)(C)CCl)CC2)c1. The van der Waals surface area contributed by atoms with Crippen molar-refractivity contribution >= 4 is 23.3 Å². The van der Waals surface area contributed by atoms with Gasteiger partial charge >= 0.3 is 0 Å². The number of nitrogens with zero attached hydrogens (tertiary/aromatic N) is 4. The number of anilines is 1. The van der Waals surface area contributed by atoms with Crippen LogP contribution < -0.4 is 4.90 Å². The molecule has 178 valence electrons. The molecule has 0 N–H and O–H groups in total. The van der Waals surface area contributed by atoms with E-state index in [1.807, 2.05) is 49.1 Å². The van der Waals surface area contributed by atoms with Crippen LogP contribution in [0.1, 0.15) is 36.2 Å². The van der Waals surface area contributed by atoms with E-state index in [0.29, 0.717) is 19.0 Å². The van der Waals surface area contributed by atoms with E-state index in [-0.39, 0.29) is 5.91 Å². The zero-order chi connectivity index (χ0) is 24.3. The Morgan fingerprint density at radius 2 is 1.68 bits per heavy atom. The number of halogens is 1. The molecule has 1 fully saturated rings. The van der Waals surface area contributed by atoms with Gasteiger partial charge in [0.05, 0.1) is 5.41 Å². The first-order valence-corrected chi connectivity index (χ1v) is 12.4. The molecule has 6 heteroatoms. The number of alkyl halides is 1. The van der Waals surface area contributed by atoms with Crippen LogP contribution in [0.5, 0.6) is 0 Å². The molecule has 0 bridgehead atoms. The number of amides is 1. The Morgan fingerprint density at radius 3 is 2.32 bits per heavy atom. The number of piperazine rings is 1. The third kappa shape index (κ3) is 5.25. The second-order valence-electron chi connectivity index (χ2n) is 9.76. The summed E-state index contributed by atoms with van der Waals surface area (Å²) < 4.78 is 0. The summed E-state index contributed by atoms with van der Waals surface area (Å²) in [6.07, 6.45) is 0.774. The summed E-state index contributed by atoms with van der Waals surface area (Å²) in [5, 5.41) is 0. The summed E-state index contributed by atoms with van der Waals surface area (Å²) in [5.74, 6) is 2.14. The van der Waals surface area contributed by atoms with E-state index >= 15 is 0 Å². The summed E-state index contributed by atoms with van der Waals surface area (Å²) in [6.45, 7) is 10.8. The van der Waals surface area contributed by atoms with Crippen molar-refractivity contribution in [1.82, 2.24) is 14.9 Å². The van der Waals surface area contributed by atoms with Gasteiger partial charge in [0.25, 0.3) is 0 Å². The van der Waals surface area contributed by atoms with E-state index in [2.05, 4.69) is 43.0 Å². The highest BCUT2D eigenvalue weighted by Gasteiger charge is 2.33. The van der Waals surface area contributed by atoms with Crippen molar-refractivity contribution < 1.29 is 4.79 Å². The highest BCUT2D eigenvalue weighted by atomic mass is 35.5. The number of hydrogen-bond acceptors (Lipinski definition) is 4. The largest absolute Gasteiger partial charge is 0.353 e. The molecule has 0 radical (unpaired) electrons. The van der Waals surface area contributed by atoms with Gasteiger partial charge in [-0.1, -0.05) is 60.2 Å². The summed E-state index contributed by atoms with van der Waals surface area (Å²) in [7, 11) is 0. The summed E-state index contributed by atoms with van der Waals surface area (Å²) in [6, 6.07) is 18.7. The van der Waals surface area contributed by atoms with Gasteiger partial charge in [-0.3, -0.25) is 4.79 Å². The van der Waals surface area contributed by atoms with Gasteiger partial charge in [0, 0.05) is 55.3 Å². The molecule has 0 spiro atoms. The maximum atomic E-state index is 12.9. The molecule has 2 aromatic carbocycles. The molecular formula is C28H33ClN4O. The first-order valence-electron chi connectivity index (χ1n) is 11.9. The molecular weight excluding hydrogens is 444 g/mol. The van der Waals surface area contributed by atoms with Crippen LogP contribution in [0.4, 0.5) is 5.82 Å². The van der Waals surface area contributed by atoms with E-state index in [9.17, 15) is 4.79 Å². The van der Waals surface area contributed by atoms with Gasteiger partial charge in [0.15, 0.2) is 5.82 Å². The van der Waals surface area contributed by atoms with Crippen LogP contribution in [-0.2, 0) is 11.2 Å². The van der Waals surface area contributed by atoms with Crippen molar-refractivity contribution in [1.29, 1.82) is 0 Å². The Labute approximate surface area is 207 Å². The van der Waals surface area contributed by atoms with E-state index < -0.39 is 5.41 Å². The summed E-state index contributed by atoms with van der Waals surface area (Å²) >= 11 is 6.06. The normalized spacial score (nSPS) is 14.4. The number of aryl methyl sites for hydroxylation is 2. The van der Waals surface area contributed by atoms with Gasteiger partial charge < -0.3 is 9.80 Å². The van der Waals surface area contributed by atoms with E-state index in [0.717, 1.165) is 48.0 Å². The number of carbonyl (C=O) groups excluding carboxylic acids is 1. The summed E-state index contributed by atoms with van der Waals surface area (Å²) in [5.41, 5.74) is 5.09. The van der Waals surface area contributed by atoms with Crippen molar-refractivity contribution in [2.45, 2.75) is 34.1 Å². The maximum absolute atomic E-state index is 12.9. The predicted octanol–water partition coefficient (Wildman–Crippen LogP) is 5.26. The second-order valence-corrected chi connectivity index (χ2v) is 10.0. The molecule has 1 aliphatic rings. The Balaban J connectivity index is 1.66. The van der Waals surface area contributed by atoms with Crippen LogP contribution in [0.2, 0.25) is 0 Å². The predicted molar refractivity (Wildman–Crippen MR) is 139 cm³/mol. The highest BCUT2D eigenvalue weighted by Crippen LogP contribution is 2.29. The molecule has 1 aromatic heterocycles. The first kappa shape index (κ1) is 24.2. The lowest BCUT2D eigenvalue weighted by Crippen LogP contribution is -2.53. The Morgan fingerprint density at radius 1 is 0.971 bits per heavy atom. The third-order valence-corrected chi connectivity index (χ3v) is 7.14. The lowest BCUT2D eigenvalue weighted by Gasteiger charge is -2.39. The zero-order valence-electron chi connectivity index (χ0n) is 20.5. The molecule has 0 aliphatic carbocycles. The van der Waals surface area contributed by atoms with Crippen LogP contribution in [0, 0.1) is 19.3 Å². The van der Waals surface area contributed by atoms with E-state index in [1.54, 1.807) is 0 Å². The first-order chi connectivity index (χ1) is 16.3. The fourth-order valence-corrected chi connectivity index (χ4v) is 4.51. The van der Waals surface area contributed by atoms with Crippen LogP contribution in [0.15, 0.2) is 54.6 Å². The smallest absolute Gasteiger partial charge is 0.229 e. The molecule has 2 heterocycles. The molecule has 1 saturated heterocycles. The number of aromatic nitrogens is 2. The molecule has 34 heavy (non-hydrogen) atoms.